The van der Waals surface area contributed by atoms with Crippen molar-refractivity contribution in [2.24, 2.45) is 0 Å². The van der Waals surface area contributed by atoms with Gasteiger partial charge in [-0.15, -0.1) is 0 Å². The van der Waals surface area contributed by atoms with E-state index in [1.54, 1.807) is 7.05 Å². The molecule has 0 spiro atoms. The highest BCUT2D eigenvalue weighted by Gasteiger charge is 2.44. The number of likely N-dealkylation sites (N-methyl/N-ethyl adjacent to an activating group) is 1. The van der Waals surface area contributed by atoms with E-state index in [1.165, 1.54) is 16.7 Å². The fraction of sp³-hybridized carbons (Fsp3) is 0.882. The maximum atomic E-state index is 12.7. The van der Waals surface area contributed by atoms with Gasteiger partial charge in [-0.1, -0.05) is 25.7 Å². The first-order valence-electron chi connectivity index (χ1n) is 8.72. The van der Waals surface area contributed by atoms with Crippen LogP contribution in [0.2, 0.25) is 0 Å². The molecule has 2 amide bonds. The molecule has 1 heterocycles. The van der Waals surface area contributed by atoms with Gasteiger partial charge >= 0.3 is 0 Å². The monoisotopic (exact) mass is 326 g/mol. The zero-order chi connectivity index (χ0) is 17.1. The molecule has 1 saturated heterocycles. The molecule has 0 aromatic rings. The van der Waals surface area contributed by atoms with Crippen molar-refractivity contribution in [2.45, 2.75) is 69.5 Å². The quantitative estimate of drug-likeness (QED) is 0.755. The second kappa shape index (κ2) is 7.18. The predicted molar refractivity (Wildman–Crippen MR) is 86.7 cm³/mol. The molecule has 0 aromatic heterocycles. The van der Waals surface area contributed by atoms with Gasteiger partial charge in [0.1, 0.15) is 0 Å². The van der Waals surface area contributed by atoms with Crippen LogP contribution < -0.4 is 0 Å². The first-order valence-corrected chi connectivity index (χ1v) is 8.72. The van der Waals surface area contributed by atoms with E-state index < -0.39 is 11.2 Å². The van der Waals surface area contributed by atoms with E-state index in [0.29, 0.717) is 32.2 Å². The Bertz CT molecular complexity index is 446. The Morgan fingerprint density at radius 2 is 1.65 bits per heavy atom. The lowest BCUT2D eigenvalue weighted by Crippen LogP contribution is -2.59. The molecule has 1 aliphatic carbocycles. The highest BCUT2D eigenvalue weighted by Crippen LogP contribution is 2.29. The Balaban J connectivity index is 2.01. The van der Waals surface area contributed by atoms with Crippen molar-refractivity contribution >= 4 is 11.8 Å². The Kier molecular flexibility index (Phi) is 5.68. The van der Waals surface area contributed by atoms with E-state index in [2.05, 4.69) is 0 Å². The van der Waals surface area contributed by atoms with E-state index in [-0.39, 0.29) is 24.9 Å². The summed E-state index contributed by atoms with van der Waals surface area (Å²) in [5.74, 6) is -0.512. The minimum atomic E-state index is -1.53. The van der Waals surface area contributed by atoms with Gasteiger partial charge in [0.2, 0.25) is 5.91 Å². The smallest absolute Gasteiger partial charge is 0.256 e. The number of carbonyl (C=O) groups excluding carboxylic acids is 2. The SMILES string of the molecule is CC(=O)N1CCC[C@@](O)(C(=O)N(C)CC2(O)CCCCCC2)C1. The van der Waals surface area contributed by atoms with Crippen LogP contribution in [0.25, 0.3) is 0 Å². The lowest BCUT2D eigenvalue weighted by atomic mass is 9.89. The lowest BCUT2D eigenvalue weighted by molar-refractivity contribution is -0.161. The van der Waals surface area contributed by atoms with Gasteiger partial charge in [-0.2, -0.15) is 0 Å². The van der Waals surface area contributed by atoms with Gasteiger partial charge in [-0.3, -0.25) is 9.59 Å². The molecule has 1 atom stereocenters. The Morgan fingerprint density at radius 3 is 2.22 bits per heavy atom. The van der Waals surface area contributed by atoms with Crippen LogP contribution in [0.1, 0.15) is 58.3 Å². The molecule has 6 nitrogen and oxygen atoms in total. The summed E-state index contributed by atoms with van der Waals surface area (Å²) in [6.07, 6.45) is 6.56. The van der Waals surface area contributed by atoms with Crippen molar-refractivity contribution in [3.8, 4) is 0 Å². The van der Waals surface area contributed by atoms with E-state index in [4.69, 9.17) is 0 Å². The molecule has 0 bridgehead atoms. The number of rotatable bonds is 3. The number of nitrogens with zero attached hydrogens (tertiary/aromatic N) is 2. The maximum Gasteiger partial charge on any atom is 0.256 e. The molecule has 0 aromatic carbocycles. The molecule has 23 heavy (non-hydrogen) atoms. The minimum Gasteiger partial charge on any atom is -0.388 e. The molecule has 0 radical (unpaired) electrons. The lowest BCUT2D eigenvalue weighted by Gasteiger charge is -2.41. The number of piperidine rings is 1. The van der Waals surface area contributed by atoms with Crippen LogP contribution in [-0.2, 0) is 9.59 Å². The van der Waals surface area contributed by atoms with Crippen LogP contribution in [0.5, 0.6) is 0 Å². The normalized spacial score (nSPS) is 28.1. The number of carbonyl (C=O) groups is 2. The molecule has 0 unspecified atom stereocenters. The molecule has 1 aliphatic heterocycles. The summed E-state index contributed by atoms with van der Waals surface area (Å²) in [7, 11) is 1.63. The second-order valence-electron chi connectivity index (χ2n) is 7.38. The van der Waals surface area contributed by atoms with Crippen LogP contribution in [-0.4, -0.2) is 69.7 Å². The maximum absolute atomic E-state index is 12.7. The van der Waals surface area contributed by atoms with E-state index >= 15 is 0 Å². The predicted octanol–water partition coefficient (Wildman–Crippen LogP) is 0.903. The summed E-state index contributed by atoms with van der Waals surface area (Å²) in [6.45, 7) is 2.32. The van der Waals surface area contributed by atoms with Gasteiger partial charge in [-0.05, 0) is 25.7 Å². The summed E-state index contributed by atoms with van der Waals surface area (Å²) >= 11 is 0. The zero-order valence-corrected chi connectivity index (χ0v) is 14.4. The number of hydrogen-bond acceptors (Lipinski definition) is 4. The van der Waals surface area contributed by atoms with Crippen molar-refractivity contribution in [1.29, 1.82) is 0 Å². The molecule has 2 aliphatic rings. The topological polar surface area (TPSA) is 81.1 Å². The molecule has 1 saturated carbocycles. The number of aliphatic hydroxyl groups is 2. The number of hydrogen-bond donors (Lipinski definition) is 2. The van der Waals surface area contributed by atoms with Gasteiger partial charge in [0.05, 0.1) is 12.1 Å². The molecule has 6 heteroatoms. The third-order valence-corrected chi connectivity index (χ3v) is 5.23. The molecule has 2 rings (SSSR count). The number of β-amino-alcohol motifs (C(OH)–C–C–N with tert-alkyl or cyclic N) is 1. The van der Waals surface area contributed by atoms with Gasteiger partial charge in [0.15, 0.2) is 5.60 Å². The first kappa shape index (κ1) is 18.2. The van der Waals surface area contributed by atoms with Crippen LogP contribution in [0.4, 0.5) is 0 Å². The second-order valence-corrected chi connectivity index (χ2v) is 7.38. The van der Waals surface area contributed by atoms with Crippen molar-refractivity contribution in [2.75, 3.05) is 26.7 Å². The zero-order valence-electron chi connectivity index (χ0n) is 14.4. The summed E-state index contributed by atoms with van der Waals surface area (Å²) in [5.41, 5.74) is -2.38. The summed E-state index contributed by atoms with van der Waals surface area (Å²) in [5, 5.41) is 21.5. The van der Waals surface area contributed by atoms with Crippen LogP contribution in [0.3, 0.4) is 0 Å². The summed E-state index contributed by atoms with van der Waals surface area (Å²) in [4.78, 5) is 27.2. The molecular formula is C17H30N2O4. The summed E-state index contributed by atoms with van der Waals surface area (Å²) in [6, 6.07) is 0. The van der Waals surface area contributed by atoms with Gasteiger partial charge in [-0.25, -0.2) is 0 Å². The van der Waals surface area contributed by atoms with Gasteiger partial charge < -0.3 is 20.0 Å². The van der Waals surface area contributed by atoms with Gasteiger partial charge in [0, 0.05) is 27.1 Å². The standard InChI is InChI=1S/C17H30N2O4/c1-14(20)19-11-7-10-17(23,13-19)15(21)18(2)12-16(22)8-5-3-4-6-9-16/h22-23H,3-13H2,1-2H3/t17-/m0/s1. The third kappa shape index (κ3) is 4.44. The van der Waals surface area contributed by atoms with Crippen molar-refractivity contribution in [3.63, 3.8) is 0 Å². The summed E-state index contributed by atoms with van der Waals surface area (Å²) < 4.78 is 0. The molecule has 2 fully saturated rings. The molecular weight excluding hydrogens is 296 g/mol. The highest BCUT2D eigenvalue weighted by molar-refractivity contribution is 5.86. The largest absolute Gasteiger partial charge is 0.388 e. The number of amides is 2. The number of likely N-dealkylation sites (tertiary alicyclic amines) is 1. The first-order chi connectivity index (χ1) is 10.8. The van der Waals surface area contributed by atoms with Crippen LogP contribution >= 0.6 is 0 Å². The Labute approximate surface area is 138 Å². The van der Waals surface area contributed by atoms with Crippen molar-refractivity contribution in [3.05, 3.63) is 0 Å². The van der Waals surface area contributed by atoms with Gasteiger partial charge in [0.25, 0.3) is 5.91 Å². The van der Waals surface area contributed by atoms with E-state index in [9.17, 15) is 19.8 Å². The van der Waals surface area contributed by atoms with Crippen LogP contribution in [0.15, 0.2) is 0 Å². The highest BCUT2D eigenvalue weighted by atomic mass is 16.3. The van der Waals surface area contributed by atoms with E-state index in [0.717, 1.165) is 25.7 Å². The van der Waals surface area contributed by atoms with Crippen LogP contribution in [0, 0.1) is 0 Å². The van der Waals surface area contributed by atoms with Crippen molar-refractivity contribution in [1.82, 2.24) is 9.80 Å². The minimum absolute atomic E-state index is 0.0456. The Morgan fingerprint density at radius 1 is 1.04 bits per heavy atom. The fourth-order valence-corrected chi connectivity index (χ4v) is 3.89. The van der Waals surface area contributed by atoms with Crippen molar-refractivity contribution < 1.29 is 19.8 Å². The molecule has 2 N–H and O–H groups in total. The third-order valence-electron chi connectivity index (χ3n) is 5.23. The van der Waals surface area contributed by atoms with E-state index in [1.807, 2.05) is 0 Å². The fourth-order valence-electron chi connectivity index (χ4n) is 3.89. The average Bonchev–Trinajstić information content (AvgIpc) is 2.71. The Hall–Kier alpha value is -1.14. The average molecular weight is 326 g/mol. The molecule has 132 valence electrons.